The van der Waals surface area contributed by atoms with Crippen molar-refractivity contribution >= 4 is 0 Å². The first-order chi connectivity index (χ1) is 6.90. The van der Waals surface area contributed by atoms with E-state index in [1.807, 2.05) is 0 Å². The molecular formula is C8H8N4O2. The summed E-state index contributed by atoms with van der Waals surface area (Å²) in [5, 5.41) is 12.3. The van der Waals surface area contributed by atoms with E-state index in [0.29, 0.717) is 23.8 Å². The van der Waals surface area contributed by atoms with Gasteiger partial charge in [-0.25, -0.2) is 4.98 Å². The monoisotopic (exact) mass is 192 g/mol. The van der Waals surface area contributed by atoms with Gasteiger partial charge in [-0.2, -0.15) is 4.98 Å². The largest absolute Gasteiger partial charge is 0.396 e. The van der Waals surface area contributed by atoms with Gasteiger partial charge in [-0.1, -0.05) is 5.16 Å². The van der Waals surface area contributed by atoms with E-state index < -0.39 is 0 Å². The Morgan fingerprint density at radius 1 is 1.36 bits per heavy atom. The molecule has 2 rings (SSSR count). The second-order valence-corrected chi connectivity index (χ2v) is 2.58. The Morgan fingerprint density at radius 3 is 3.00 bits per heavy atom. The van der Waals surface area contributed by atoms with Crippen LogP contribution in [0.1, 0.15) is 5.82 Å². The zero-order valence-electron chi connectivity index (χ0n) is 7.29. The SMILES string of the molecule is OCCc1noc(-c2cnccn2)n1. The fourth-order valence-corrected chi connectivity index (χ4v) is 0.969. The zero-order valence-corrected chi connectivity index (χ0v) is 7.29. The van der Waals surface area contributed by atoms with Gasteiger partial charge < -0.3 is 9.63 Å². The molecule has 0 amide bonds. The summed E-state index contributed by atoms with van der Waals surface area (Å²) in [6.07, 6.45) is 5.03. The molecule has 0 unspecified atom stereocenters. The van der Waals surface area contributed by atoms with Crippen LogP contribution >= 0.6 is 0 Å². The van der Waals surface area contributed by atoms with Crippen molar-refractivity contribution in [3.8, 4) is 11.6 Å². The fraction of sp³-hybridized carbons (Fsp3) is 0.250. The molecule has 0 aliphatic carbocycles. The van der Waals surface area contributed by atoms with Gasteiger partial charge >= 0.3 is 0 Å². The Labute approximate surface area is 79.6 Å². The highest BCUT2D eigenvalue weighted by Crippen LogP contribution is 2.11. The molecule has 0 saturated heterocycles. The molecule has 0 fully saturated rings. The third-order valence-corrected chi connectivity index (χ3v) is 1.59. The summed E-state index contributed by atoms with van der Waals surface area (Å²) in [5.41, 5.74) is 0.532. The molecule has 2 aromatic rings. The van der Waals surface area contributed by atoms with E-state index in [1.165, 1.54) is 6.20 Å². The number of aliphatic hydroxyl groups excluding tert-OH is 1. The summed E-state index contributed by atoms with van der Waals surface area (Å²) < 4.78 is 4.93. The smallest absolute Gasteiger partial charge is 0.278 e. The number of hydrogen-bond acceptors (Lipinski definition) is 6. The molecule has 0 bridgehead atoms. The Balaban J connectivity index is 2.25. The molecule has 72 valence electrons. The van der Waals surface area contributed by atoms with Gasteiger partial charge in [-0.3, -0.25) is 4.98 Å². The highest BCUT2D eigenvalue weighted by Gasteiger charge is 2.08. The first kappa shape index (κ1) is 8.76. The van der Waals surface area contributed by atoms with Crippen molar-refractivity contribution in [1.82, 2.24) is 20.1 Å². The summed E-state index contributed by atoms with van der Waals surface area (Å²) in [6, 6.07) is 0. The lowest BCUT2D eigenvalue weighted by atomic mass is 10.4. The molecule has 0 atom stereocenters. The first-order valence-corrected chi connectivity index (χ1v) is 4.10. The molecule has 0 radical (unpaired) electrons. The molecule has 14 heavy (non-hydrogen) atoms. The minimum Gasteiger partial charge on any atom is -0.396 e. The maximum Gasteiger partial charge on any atom is 0.278 e. The van der Waals surface area contributed by atoms with Gasteiger partial charge in [0.2, 0.25) is 0 Å². The maximum atomic E-state index is 8.65. The van der Waals surface area contributed by atoms with Gasteiger partial charge in [-0.15, -0.1) is 0 Å². The van der Waals surface area contributed by atoms with Crippen molar-refractivity contribution in [2.45, 2.75) is 6.42 Å². The van der Waals surface area contributed by atoms with Gasteiger partial charge in [0.05, 0.1) is 12.8 Å². The minimum atomic E-state index is -0.000554. The second-order valence-electron chi connectivity index (χ2n) is 2.58. The Bertz CT molecular complexity index is 401. The topological polar surface area (TPSA) is 84.9 Å². The van der Waals surface area contributed by atoms with E-state index in [4.69, 9.17) is 9.63 Å². The van der Waals surface area contributed by atoms with E-state index in [-0.39, 0.29) is 6.61 Å². The van der Waals surface area contributed by atoms with Crippen LogP contribution in [-0.4, -0.2) is 31.8 Å². The Kier molecular flexibility index (Phi) is 2.46. The number of aromatic nitrogens is 4. The molecule has 2 aromatic heterocycles. The van der Waals surface area contributed by atoms with Crippen LogP contribution in [0.15, 0.2) is 23.1 Å². The number of hydrogen-bond donors (Lipinski definition) is 1. The molecule has 6 nitrogen and oxygen atoms in total. The van der Waals surface area contributed by atoms with Crippen LogP contribution in [-0.2, 0) is 6.42 Å². The predicted octanol–water partition coefficient (Wildman–Crippen LogP) is 0.0614. The van der Waals surface area contributed by atoms with E-state index in [9.17, 15) is 0 Å². The van der Waals surface area contributed by atoms with Crippen LogP contribution in [0.3, 0.4) is 0 Å². The summed E-state index contributed by atoms with van der Waals surface area (Å²) >= 11 is 0. The summed E-state index contributed by atoms with van der Waals surface area (Å²) in [5.74, 6) is 0.787. The maximum absolute atomic E-state index is 8.65. The van der Waals surface area contributed by atoms with Gasteiger partial charge in [0.1, 0.15) is 5.69 Å². The number of rotatable bonds is 3. The van der Waals surface area contributed by atoms with Crippen LogP contribution in [0.5, 0.6) is 0 Å². The lowest BCUT2D eigenvalue weighted by Crippen LogP contribution is -1.92. The average molecular weight is 192 g/mol. The molecular weight excluding hydrogens is 184 g/mol. The van der Waals surface area contributed by atoms with Crippen LogP contribution in [0.4, 0.5) is 0 Å². The first-order valence-electron chi connectivity index (χ1n) is 4.10. The number of aliphatic hydroxyl groups is 1. The third kappa shape index (κ3) is 1.74. The van der Waals surface area contributed by atoms with E-state index >= 15 is 0 Å². The number of nitrogens with zero attached hydrogens (tertiary/aromatic N) is 4. The van der Waals surface area contributed by atoms with Crippen molar-refractivity contribution in [2.24, 2.45) is 0 Å². The molecule has 0 aromatic carbocycles. The molecule has 6 heteroatoms. The molecule has 0 aliphatic heterocycles. The van der Waals surface area contributed by atoms with Gasteiger partial charge in [-0.05, 0) is 0 Å². The van der Waals surface area contributed by atoms with Crippen LogP contribution in [0.25, 0.3) is 11.6 Å². The van der Waals surface area contributed by atoms with Gasteiger partial charge in [0.15, 0.2) is 5.82 Å². The van der Waals surface area contributed by atoms with Crippen LogP contribution < -0.4 is 0 Å². The lowest BCUT2D eigenvalue weighted by Gasteiger charge is -1.88. The minimum absolute atomic E-state index is 0.000554. The molecule has 0 saturated carbocycles. The molecule has 2 heterocycles. The van der Waals surface area contributed by atoms with Gasteiger partial charge in [0.25, 0.3) is 5.89 Å². The quantitative estimate of drug-likeness (QED) is 0.740. The molecule has 1 N–H and O–H groups in total. The van der Waals surface area contributed by atoms with Crippen molar-refractivity contribution in [2.75, 3.05) is 6.61 Å². The van der Waals surface area contributed by atoms with Crippen LogP contribution in [0, 0.1) is 0 Å². The lowest BCUT2D eigenvalue weighted by molar-refractivity contribution is 0.293. The highest BCUT2D eigenvalue weighted by molar-refractivity contribution is 5.43. The highest BCUT2D eigenvalue weighted by atomic mass is 16.5. The van der Waals surface area contributed by atoms with E-state index in [2.05, 4.69) is 20.1 Å². The summed E-state index contributed by atoms with van der Waals surface area (Å²) in [7, 11) is 0. The van der Waals surface area contributed by atoms with Crippen molar-refractivity contribution in [3.05, 3.63) is 24.4 Å². The van der Waals surface area contributed by atoms with E-state index in [0.717, 1.165) is 0 Å². The van der Waals surface area contributed by atoms with Crippen molar-refractivity contribution in [3.63, 3.8) is 0 Å². The van der Waals surface area contributed by atoms with Crippen molar-refractivity contribution in [1.29, 1.82) is 0 Å². The summed E-state index contributed by atoms with van der Waals surface area (Å²) in [4.78, 5) is 11.9. The summed E-state index contributed by atoms with van der Waals surface area (Å²) in [6.45, 7) is -0.000554. The van der Waals surface area contributed by atoms with Crippen molar-refractivity contribution < 1.29 is 9.63 Å². The average Bonchev–Trinajstić information content (AvgIpc) is 2.68. The van der Waals surface area contributed by atoms with Gasteiger partial charge in [0, 0.05) is 18.8 Å². The fourth-order valence-electron chi connectivity index (χ4n) is 0.969. The standard InChI is InChI=1S/C8H8N4O2/c13-4-1-7-11-8(14-12-7)6-5-9-2-3-10-6/h2-3,5,13H,1,4H2. The zero-order chi connectivity index (χ0) is 9.80. The van der Waals surface area contributed by atoms with E-state index in [1.54, 1.807) is 12.4 Å². The Morgan fingerprint density at radius 2 is 2.29 bits per heavy atom. The normalized spacial score (nSPS) is 10.4. The molecule has 0 aliphatic rings. The second kappa shape index (κ2) is 3.93. The van der Waals surface area contributed by atoms with Crippen LogP contribution in [0.2, 0.25) is 0 Å². The molecule has 0 spiro atoms. The predicted molar refractivity (Wildman–Crippen MR) is 46.1 cm³/mol. The third-order valence-electron chi connectivity index (χ3n) is 1.59. The Hall–Kier alpha value is -1.82.